The SMILES string of the molecule is CCOc1nc(C)cc2c(Br)cccc12. The van der Waals surface area contributed by atoms with Gasteiger partial charge in [0, 0.05) is 20.9 Å². The standard InChI is InChI=1S/C12H12BrNO/c1-3-15-12-9-5-4-6-11(13)10(9)7-8(2)14-12/h4-7H,3H2,1-2H3. The van der Waals surface area contributed by atoms with Gasteiger partial charge in [0.05, 0.1) is 6.61 Å². The molecule has 0 N–H and O–H groups in total. The Balaban J connectivity index is 2.74. The number of halogens is 1. The number of benzene rings is 1. The molecule has 0 radical (unpaired) electrons. The molecule has 15 heavy (non-hydrogen) atoms. The minimum absolute atomic E-state index is 0.637. The number of nitrogens with zero attached hydrogens (tertiary/aromatic N) is 1. The summed E-state index contributed by atoms with van der Waals surface area (Å²) >= 11 is 3.53. The zero-order valence-electron chi connectivity index (χ0n) is 8.75. The maximum absolute atomic E-state index is 5.52. The molecule has 0 atom stereocenters. The Hall–Kier alpha value is -1.09. The van der Waals surface area contributed by atoms with Crippen molar-refractivity contribution in [2.75, 3.05) is 6.61 Å². The monoisotopic (exact) mass is 265 g/mol. The lowest BCUT2D eigenvalue weighted by atomic mass is 10.1. The minimum atomic E-state index is 0.637. The number of pyridine rings is 1. The summed E-state index contributed by atoms with van der Waals surface area (Å²) in [6, 6.07) is 8.10. The molecule has 1 aromatic carbocycles. The third-order valence-corrected chi connectivity index (χ3v) is 2.89. The molecule has 3 heteroatoms. The van der Waals surface area contributed by atoms with Crippen molar-refractivity contribution in [1.82, 2.24) is 4.98 Å². The molecule has 0 unspecified atom stereocenters. The second-order valence-corrected chi connectivity index (χ2v) is 4.19. The number of hydrogen-bond donors (Lipinski definition) is 0. The Bertz CT molecular complexity index is 496. The zero-order valence-corrected chi connectivity index (χ0v) is 10.3. The van der Waals surface area contributed by atoms with E-state index in [2.05, 4.69) is 27.0 Å². The first-order valence-electron chi connectivity index (χ1n) is 4.91. The summed E-state index contributed by atoms with van der Waals surface area (Å²) in [7, 11) is 0. The largest absolute Gasteiger partial charge is 0.478 e. The summed E-state index contributed by atoms with van der Waals surface area (Å²) in [5.74, 6) is 0.716. The van der Waals surface area contributed by atoms with Crippen molar-refractivity contribution in [2.24, 2.45) is 0 Å². The van der Waals surface area contributed by atoms with Crippen LogP contribution in [0.15, 0.2) is 28.7 Å². The summed E-state index contributed by atoms with van der Waals surface area (Å²) in [6.45, 7) is 4.58. The fraction of sp³-hybridized carbons (Fsp3) is 0.250. The van der Waals surface area contributed by atoms with Crippen LogP contribution in [0.3, 0.4) is 0 Å². The van der Waals surface area contributed by atoms with Crippen LogP contribution < -0.4 is 4.74 Å². The number of ether oxygens (including phenoxy) is 1. The molecule has 0 aliphatic heterocycles. The van der Waals surface area contributed by atoms with Crippen molar-refractivity contribution in [3.8, 4) is 5.88 Å². The summed E-state index contributed by atoms with van der Waals surface area (Å²) in [4.78, 5) is 4.39. The van der Waals surface area contributed by atoms with E-state index < -0.39 is 0 Å². The Labute approximate surface area is 97.4 Å². The van der Waals surface area contributed by atoms with Gasteiger partial charge < -0.3 is 4.74 Å². The van der Waals surface area contributed by atoms with E-state index in [-0.39, 0.29) is 0 Å². The van der Waals surface area contributed by atoms with Gasteiger partial charge in [0.25, 0.3) is 0 Å². The maximum Gasteiger partial charge on any atom is 0.221 e. The summed E-state index contributed by atoms with van der Waals surface area (Å²) in [5, 5.41) is 2.20. The molecule has 0 spiro atoms. The van der Waals surface area contributed by atoms with Crippen molar-refractivity contribution in [2.45, 2.75) is 13.8 Å². The van der Waals surface area contributed by atoms with Gasteiger partial charge in [-0.15, -0.1) is 0 Å². The quantitative estimate of drug-likeness (QED) is 0.826. The second kappa shape index (κ2) is 4.19. The topological polar surface area (TPSA) is 22.1 Å². The molecule has 2 nitrogen and oxygen atoms in total. The summed E-state index contributed by atoms with van der Waals surface area (Å²) < 4.78 is 6.60. The predicted molar refractivity (Wildman–Crippen MR) is 65.3 cm³/mol. The highest BCUT2D eigenvalue weighted by molar-refractivity contribution is 9.10. The average Bonchev–Trinajstić information content (AvgIpc) is 2.20. The fourth-order valence-electron chi connectivity index (χ4n) is 1.58. The van der Waals surface area contributed by atoms with Gasteiger partial charge in [0.15, 0.2) is 0 Å². The van der Waals surface area contributed by atoms with E-state index in [0.29, 0.717) is 12.5 Å². The number of hydrogen-bond acceptors (Lipinski definition) is 2. The molecular weight excluding hydrogens is 254 g/mol. The Morgan fingerprint density at radius 1 is 1.33 bits per heavy atom. The van der Waals surface area contributed by atoms with Crippen molar-refractivity contribution < 1.29 is 4.74 Å². The van der Waals surface area contributed by atoms with Gasteiger partial charge in [-0.2, -0.15) is 0 Å². The molecule has 0 aliphatic rings. The second-order valence-electron chi connectivity index (χ2n) is 3.34. The van der Waals surface area contributed by atoms with E-state index in [1.54, 1.807) is 0 Å². The molecule has 0 aliphatic carbocycles. The summed E-state index contributed by atoms with van der Waals surface area (Å²) in [5.41, 5.74) is 0.970. The maximum atomic E-state index is 5.52. The van der Waals surface area contributed by atoms with Gasteiger partial charge >= 0.3 is 0 Å². The first kappa shape index (κ1) is 10.4. The lowest BCUT2D eigenvalue weighted by molar-refractivity contribution is 0.331. The van der Waals surface area contributed by atoms with Gasteiger partial charge in [0.2, 0.25) is 5.88 Å². The molecule has 0 saturated heterocycles. The van der Waals surface area contributed by atoms with E-state index in [1.165, 1.54) is 0 Å². The van der Waals surface area contributed by atoms with Crippen LogP contribution in [0.25, 0.3) is 10.8 Å². The number of aromatic nitrogens is 1. The van der Waals surface area contributed by atoms with Gasteiger partial charge in [0.1, 0.15) is 0 Å². The number of rotatable bonds is 2. The van der Waals surface area contributed by atoms with Crippen LogP contribution in [-0.2, 0) is 0 Å². The Morgan fingerprint density at radius 3 is 2.87 bits per heavy atom. The van der Waals surface area contributed by atoms with Crippen LogP contribution in [-0.4, -0.2) is 11.6 Å². The molecule has 0 fully saturated rings. The highest BCUT2D eigenvalue weighted by Gasteiger charge is 2.06. The minimum Gasteiger partial charge on any atom is -0.478 e. The Morgan fingerprint density at radius 2 is 2.13 bits per heavy atom. The molecule has 78 valence electrons. The smallest absolute Gasteiger partial charge is 0.221 e. The van der Waals surface area contributed by atoms with E-state index in [9.17, 15) is 0 Å². The van der Waals surface area contributed by atoms with Crippen LogP contribution in [0.5, 0.6) is 5.88 Å². The highest BCUT2D eigenvalue weighted by Crippen LogP contribution is 2.30. The molecule has 1 heterocycles. The van der Waals surface area contributed by atoms with Gasteiger partial charge in [-0.25, -0.2) is 4.98 Å². The normalized spacial score (nSPS) is 10.6. The lowest BCUT2D eigenvalue weighted by Crippen LogP contribution is -1.97. The van der Waals surface area contributed by atoms with E-state index >= 15 is 0 Å². The number of fused-ring (bicyclic) bond motifs is 1. The lowest BCUT2D eigenvalue weighted by Gasteiger charge is -2.08. The molecule has 0 saturated carbocycles. The van der Waals surface area contributed by atoms with E-state index in [4.69, 9.17) is 4.74 Å². The van der Waals surface area contributed by atoms with E-state index in [0.717, 1.165) is 20.9 Å². The molecule has 1 aromatic heterocycles. The average molecular weight is 266 g/mol. The molecule has 0 bridgehead atoms. The highest BCUT2D eigenvalue weighted by atomic mass is 79.9. The van der Waals surface area contributed by atoms with Gasteiger partial charge in [-0.05, 0) is 32.0 Å². The molecule has 2 aromatic rings. The first-order chi connectivity index (χ1) is 7.22. The van der Waals surface area contributed by atoms with Crippen LogP contribution in [0.1, 0.15) is 12.6 Å². The third-order valence-electron chi connectivity index (χ3n) is 2.20. The van der Waals surface area contributed by atoms with Gasteiger partial charge in [-0.1, -0.05) is 22.0 Å². The van der Waals surface area contributed by atoms with Crippen LogP contribution >= 0.6 is 15.9 Å². The van der Waals surface area contributed by atoms with E-state index in [1.807, 2.05) is 32.0 Å². The van der Waals surface area contributed by atoms with Crippen LogP contribution in [0.2, 0.25) is 0 Å². The van der Waals surface area contributed by atoms with Crippen molar-refractivity contribution in [3.05, 3.63) is 34.4 Å². The fourth-order valence-corrected chi connectivity index (χ4v) is 2.06. The molecule has 2 rings (SSSR count). The first-order valence-corrected chi connectivity index (χ1v) is 5.70. The zero-order chi connectivity index (χ0) is 10.8. The predicted octanol–water partition coefficient (Wildman–Crippen LogP) is 3.70. The molecular formula is C12H12BrNO. The third kappa shape index (κ3) is 1.97. The molecule has 0 amide bonds. The van der Waals surface area contributed by atoms with Crippen molar-refractivity contribution >= 4 is 26.7 Å². The van der Waals surface area contributed by atoms with Crippen LogP contribution in [0, 0.1) is 6.92 Å². The van der Waals surface area contributed by atoms with Gasteiger partial charge in [-0.3, -0.25) is 0 Å². The summed E-state index contributed by atoms with van der Waals surface area (Å²) in [6.07, 6.45) is 0. The van der Waals surface area contributed by atoms with Crippen molar-refractivity contribution in [3.63, 3.8) is 0 Å². The Kier molecular flexibility index (Phi) is 2.91. The number of aryl methyl sites for hydroxylation is 1. The van der Waals surface area contributed by atoms with Crippen LogP contribution in [0.4, 0.5) is 0 Å². The van der Waals surface area contributed by atoms with Crippen molar-refractivity contribution in [1.29, 1.82) is 0 Å².